The molecule has 0 aromatic heterocycles. The van der Waals surface area contributed by atoms with Gasteiger partial charge in [-0.2, -0.15) is 0 Å². The normalized spacial score (nSPS) is 10.4. The van der Waals surface area contributed by atoms with Gasteiger partial charge in [0, 0.05) is 16.1 Å². The Morgan fingerprint density at radius 3 is 2.00 bits per heavy atom. The number of carbonyl (C=O) groups is 1. The minimum atomic E-state index is 0.0158. The maximum atomic E-state index is 12.2. The Morgan fingerprint density at radius 2 is 1.47 bits per heavy atom. The van der Waals surface area contributed by atoms with Crippen molar-refractivity contribution in [3.63, 3.8) is 0 Å². The van der Waals surface area contributed by atoms with E-state index in [1.54, 1.807) is 24.3 Å². The first-order valence-electron chi connectivity index (χ1n) is 6.30. The van der Waals surface area contributed by atoms with Crippen molar-refractivity contribution in [1.29, 1.82) is 0 Å². The zero-order valence-corrected chi connectivity index (χ0v) is 11.4. The van der Waals surface area contributed by atoms with Gasteiger partial charge in [0.25, 0.3) is 0 Å². The van der Waals surface area contributed by atoms with E-state index in [1.807, 2.05) is 24.3 Å². The molecule has 0 aliphatic carbocycles. The van der Waals surface area contributed by atoms with Gasteiger partial charge in [0.15, 0.2) is 5.78 Å². The summed E-state index contributed by atoms with van der Waals surface area (Å²) in [5.74, 6) is 0.0158. The van der Waals surface area contributed by atoms with Crippen LogP contribution in [0.25, 0.3) is 0 Å². The smallest absolute Gasteiger partial charge is 0.193 e. The number of ketones is 1. The molecule has 0 saturated heterocycles. The predicted molar refractivity (Wildman–Crippen MR) is 78.7 cm³/mol. The van der Waals surface area contributed by atoms with E-state index in [-0.39, 0.29) is 5.78 Å². The summed E-state index contributed by atoms with van der Waals surface area (Å²) >= 11 is 5.81. The topological polar surface area (TPSA) is 43.1 Å². The molecule has 0 amide bonds. The zero-order chi connectivity index (χ0) is 13.7. The monoisotopic (exact) mass is 273 g/mol. The van der Waals surface area contributed by atoms with Gasteiger partial charge in [-0.3, -0.25) is 4.79 Å². The molecule has 2 aromatic rings. The molecule has 0 radical (unpaired) electrons. The van der Waals surface area contributed by atoms with Crippen molar-refractivity contribution in [2.24, 2.45) is 5.73 Å². The van der Waals surface area contributed by atoms with Crippen molar-refractivity contribution in [3.05, 3.63) is 70.2 Å². The number of carbonyl (C=O) groups excluding carboxylic acids is 1. The molecule has 2 N–H and O–H groups in total. The standard InChI is InChI=1S/C16H16ClNO/c17-15-9-7-14(8-10-15)16(19)13-5-3-12(4-6-13)2-1-11-18/h3-10H,1-2,11,18H2. The van der Waals surface area contributed by atoms with Gasteiger partial charge in [-0.05, 0) is 49.2 Å². The molecule has 0 aliphatic rings. The fourth-order valence-electron chi connectivity index (χ4n) is 1.90. The average Bonchev–Trinajstić information content (AvgIpc) is 2.46. The van der Waals surface area contributed by atoms with Gasteiger partial charge in [-0.1, -0.05) is 35.9 Å². The number of hydrogen-bond donors (Lipinski definition) is 1. The van der Waals surface area contributed by atoms with Crippen LogP contribution in [0.5, 0.6) is 0 Å². The number of hydrogen-bond acceptors (Lipinski definition) is 2. The number of benzene rings is 2. The van der Waals surface area contributed by atoms with Crippen LogP contribution in [0.2, 0.25) is 5.02 Å². The maximum absolute atomic E-state index is 12.2. The van der Waals surface area contributed by atoms with Gasteiger partial charge in [-0.15, -0.1) is 0 Å². The Balaban J connectivity index is 2.13. The third kappa shape index (κ3) is 3.66. The highest BCUT2D eigenvalue weighted by Gasteiger charge is 2.08. The third-order valence-corrected chi connectivity index (χ3v) is 3.24. The summed E-state index contributed by atoms with van der Waals surface area (Å²) in [4.78, 5) is 12.2. The minimum absolute atomic E-state index is 0.0158. The first-order chi connectivity index (χ1) is 9.20. The Kier molecular flexibility index (Phi) is 4.72. The molecule has 0 heterocycles. The Bertz CT molecular complexity index is 546. The van der Waals surface area contributed by atoms with Crippen molar-refractivity contribution in [2.45, 2.75) is 12.8 Å². The molecule has 98 valence electrons. The van der Waals surface area contributed by atoms with Crippen LogP contribution >= 0.6 is 11.6 Å². The van der Waals surface area contributed by atoms with Crippen LogP contribution in [-0.2, 0) is 6.42 Å². The lowest BCUT2D eigenvalue weighted by Gasteiger charge is -2.04. The lowest BCUT2D eigenvalue weighted by molar-refractivity contribution is 0.103. The molecule has 2 aromatic carbocycles. The van der Waals surface area contributed by atoms with E-state index in [9.17, 15) is 4.79 Å². The van der Waals surface area contributed by atoms with E-state index in [1.165, 1.54) is 5.56 Å². The predicted octanol–water partition coefficient (Wildman–Crippen LogP) is 3.46. The maximum Gasteiger partial charge on any atom is 0.193 e. The lowest BCUT2D eigenvalue weighted by atomic mass is 10.0. The molecule has 0 bridgehead atoms. The van der Waals surface area contributed by atoms with Crippen LogP contribution in [0.3, 0.4) is 0 Å². The first kappa shape index (κ1) is 13.8. The van der Waals surface area contributed by atoms with E-state index in [0.29, 0.717) is 22.7 Å². The fraction of sp³-hybridized carbons (Fsp3) is 0.188. The molecule has 2 nitrogen and oxygen atoms in total. The highest BCUT2D eigenvalue weighted by atomic mass is 35.5. The van der Waals surface area contributed by atoms with E-state index < -0.39 is 0 Å². The van der Waals surface area contributed by atoms with Gasteiger partial charge in [0.2, 0.25) is 0 Å². The second kappa shape index (κ2) is 6.50. The van der Waals surface area contributed by atoms with E-state index >= 15 is 0 Å². The summed E-state index contributed by atoms with van der Waals surface area (Å²) in [6.45, 7) is 0.686. The minimum Gasteiger partial charge on any atom is -0.330 e. The molecular weight excluding hydrogens is 258 g/mol. The quantitative estimate of drug-likeness (QED) is 0.848. The molecule has 0 aliphatic heterocycles. The van der Waals surface area contributed by atoms with Crippen LogP contribution in [0.1, 0.15) is 27.9 Å². The lowest BCUT2D eigenvalue weighted by Crippen LogP contribution is -2.02. The summed E-state index contributed by atoms with van der Waals surface area (Å²) in [6.07, 6.45) is 1.91. The second-order valence-electron chi connectivity index (χ2n) is 4.43. The number of halogens is 1. The number of nitrogens with two attached hydrogens (primary N) is 1. The van der Waals surface area contributed by atoms with Crippen molar-refractivity contribution in [1.82, 2.24) is 0 Å². The largest absolute Gasteiger partial charge is 0.330 e. The van der Waals surface area contributed by atoms with Crippen molar-refractivity contribution in [2.75, 3.05) is 6.54 Å². The van der Waals surface area contributed by atoms with Gasteiger partial charge in [0.1, 0.15) is 0 Å². The molecule has 0 spiro atoms. The Morgan fingerprint density at radius 1 is 0.947 bits per heavy atom. The fourth-order valence-corrected chi connectivity index (χ4v) is 2.02. The molecule has 0 saturated carbocycles. The Hall–Kier alpha value is -1.64. The average molecular weight is 274 g/mol. The number of rotatable bonds is 5. The van der Waals surface area contributed by atoms with Crippen LogP contribution in [0, 0.1) is 0 Å². The van der Waals surface area contributed by atoms with E-state index in [0.717, 1.165) is 12.8 Å². The summed E-state index contributed by atoms with van der Waals surface area (Å²) in [7, 11) is 0. The molecule has 19 heavy (non-hydrogen) atoms. The molecular formula is C16H16ClNO. The highest BCUT2D eigenvalue weighted by molar-refractivity contribution is 6.30. The summed E-state index contributed by atoms with van der Waals surface area (Å²) in [5.41, 5.74) is 8.03. The van der Waals surface area contributed by atoms with E-state index in [2.05, 4.69) is 0 Å². The summed E-state index contributed by atoms with van der Waals surface area (Å²) in [6, 6.07) is 14.6. The van der Waals surface area contributed by atoms with Crippen molar-refractivity contribution < 1.29 is 4.79 Å². The first-order valence-corrected chi connectivity index (χ1v) is 6.68. The highest BCUT2D eigenvalue weighted by Crippen LogP contribution is 2.15. The molecule has 0 atom stereocenters. The third-order valence-electron chi connectivity index (χ3n) is 2.99. The molecule has 3 heteroatoms. The van der Waals surface area contributed by atoms with Crippen molar-refractivity contribution in [3.8, 4) is 0 Å². The second-order valence-corrected chi connectivity index (χ2v) is 4.86. The van der Waals surface area contributed by atoms with Crippen LogP contribution in [0.15, 0.2) is 48.5 Å². The zero-order valence-electron chi connectivity index (χ0n) is 10.6. The molecule has 0 unspecified atom stereocenters. The van der Waals surface area contributed by atoms with Gasteiger partial charge < -0.3 is 5.73 Å². The van der Waals surface area contributed by atoms with Crippen molar-refractivity contribution >= 4 is 17.4 Å². The van der Waals surface area contributed by atoms with Crippen LogP contribution < -0.4 is 5.73 Å². The molecule has 0 fully saturated rings. The van der Waals surface area contributed by atoms with Gasteiger partial charge in [0.05, 0.1) is 0 Å². The summed E-state index contributed by atoms with van der Waals surface area (Å²) in [5, 5.41) is 0.633. The van der Waals surface area contributed by atoms with E-state index in [4.69, 9.17) is 17.3 Å². The van der Waals surface area contributed by atoms with Gasteiger partial charge in [-0.25, -0.2) is 0 Å². The van der Waals surface area contributed by atoms with Gasteiger partial charge >= 0.3 is 0 Å². The summed E-state index contributed by atoms with van der Waals surface area (Å²) < 4.78 is 0. The molecule has 2 rings (SSSR count). The number of aryl methyl sites for hydroxylation is 1. The van der Waals surface area contributed by atoms with Crippen LogP contribution in [-0.4, -0.2) is 12.3 Å². The Labute approximate surface area is 118 Å². The van der Waals surface area contributed by atoms with Crippen LogP contribution in [0.4, 0.5) is 0 Å². The SMILES string of the molecule is NCCCc1ccc(C(=O)c2ccc(Cl)cc2)cc1.